The highest BCUT2D eigenvalue weighted by atomic mass is 35.5. The maximum atomic E-state index is 12.4. The van der Waals surface area contributed by atoms with Gasteiger partial charge in [-0.2, -0.15) is 13.2 Å². The fourth-order valence-electron chi connectivity index (χ4n) is 1.16. The summed E-state index contributed by atoms with van der Waals surface area (Å²) in [6.45, 7) is 1.20. The zero-order valence-electron chi connectivity index (χ0n) is 8.11. The normalized spacial score (nSPS) is 13.6. The molecule has 0 amide bonds. The van der Waals surface area contributed by atoms with Gasteiger partial charge < -0.3 is 0 Å². The van der Waals surface area contributed by atoms with Crippen molar-refractivity contribution in [2.24, 2.45) is 0 Å². The monoisotopic (exact) mass is 270 g/mol. The highest BCUT2D eigenvalue weighted by Gasteiger charge is 2.32. The zero-order valence-corrected chi connectivity index (χ0v) is 9.62. The first kappa shape index (κ1) is 13.3. The standard InChI is InChI=1S/C10H7Cl2F3O/c1-5(16)9(12)6-2-7(10(13,14)15)4-8(11)3-6/h2-4,9H,1H3. The van der Waals surface area contributed by atoms with Gasteiger partial charge in [-0.05, 0) is 30.7 Å². The molecule has 0 N–H and O–H groups in total. The number of halogens is 5. The molecule has 1 aromatic rings. The molecule has 1 rings (SSSR count). The summed E-state index contributed by atoms with van der Waals surface area (Å²) in [7, 11) is 0. The van der Waals surface area contributed by atoms with Crippen molar-refractivity contribution in [3.8, 4) is 0 Å². The fourth-order valence-corrected chi connectivity index (χ4v) is 1.53. The summed E-state index contributed by atoms with van der Waals surface area (Å²) >= 11 is 11.2. The van der Waals surface area contributed by atoms with Gasteiger partial charge in [0.2, 0.25) is 0 Å². The Morgan fingerprint density at radius 1 is 1.31 bits per heavy atom. The van der Waals surface area contributed by atoms with Crippen LogP contribution >= 0.6 is 23.2 Å². The average molecular weight is 271 g/mol. The molecule has 0 aliphatic rings. The third-order valence-corrected chi connectivity index (χ3v) is 2.67. The lowest BCUT2D eigenvalue weighted by Gasteiger charge is -2.11. The largest absolute Gasteiger partial charge is 0.416 e. The third-order valence-electron chi connectivity index (χ3n) is 1.90. The lowest BCUT2D eigenvalue weighted by molar-refractivity contribution is -0.137. The van der Waals surface area contributed by atoms with Gasteiger partial charge in [-0.15, -0.1) is 11.6 Å². The van der Waals surface area contributed by atoms with Gasteiger partial charge in [0.05, 0.1) is 5.56 Å². The number of benzene rings is 1. The average Bonchev–Trinajstić information content (AvgIpc) is 2.14. The Balaban J connectivity index is 3.23. The topological polar surface area (TPSA) is 17.1 Å². The van der Waals surface area contributed by atoms with Crippen molar-refractivity contribution in [3.63, 3.8) is 0 Å². The van der Waals surface area contributed by atoms with Crippen LogP contribution in [0.1, 0.15) is 23.4 Å². The minimum absolute atomic E-state index is 0.0500. The summed E-state index contributed by atoms with van der Waals surface area (Å²) in [5.41, 5.74) is -0.865. The Morgan fingerprint density at radius 2 is 1.88 bits per heavy atom. The van der Waals surface area contributed by atoms with Crippen LogP contribution in [0.5, 0.6) is 0 Å². The molecule has 1 atom stereocenters. The second kappa shape index (κ2) is 4.63. The van der Waals surface area contributed by atoms with Crippen molar-refractivity contribution in [1.82, 2.24) is 0 Å². The molecule has 0 radical (unpaired) electrons. The summed E-state index contributed by atoms with van der Waals surface area (Å²) in [4.78, 5) is 11.0. The quantitative estimate of drug-likeness (QED) is 0.736. The van der Waals surface area contributed by atoms with Gasteiger partial charge in [-0.1, -0.05) is 11.6 Å². The van der Waals surface area contributed by atoms with E-state index in [1.165, 1.54) is 13.0 Å². The van der Waals surface area contributed by atoms with E-state index in [1.54, 1.807) is 0 Å². The van der Waals surface area contributed by atoms with Crippen LogP contribution in [-0.4, -0.2) is 5.78 Å². The number of Topliss-reactive ketones (excluding diaryl/α,β-unsaturated/α-hetero) is 1. The summed E-state index contributed by atoms with van der Waals surface area (Å²) in [6, 6.07) is 2.86. The van der Waals surface area contributed by atoms with E-state index in [1.807, 2.05) is 0 Å². The molecule has 0 aromatic heterocycles. The van der Waals surface area contributed by atoms with Crippen LogP contribution in [-0.2, 0) is 11.0 Å². The number of hydrogen-bond donors (Lipinski definition) is 0. The predicted octanol–water partition coefficient (Wildman–Crippen LogP) is 4.23. The van der Waals surface area contributed by atoms with Crippen molar-refractivity contribution < 1.29 is 18.0 Å². The van der Waals surface area contributed by atoms with E-state index in [0.717, 1.165) is 12.1 Å². The van der Waals surface area contributed by atoms with Crippen molar-refractivity contribution in [2.75, 3.05) is 0 Å². The summed E-state index contributed by atoms with van der Waals surface area (Å²) in [5.74, 6) is -0.433. The first-order valence-corrected chi connectivity index (χ1v) is 5.05. The minimum Gasteiger partial charge on any atom is -0.298 e. The van der Waals surface area contributed by atoms with Crippen LogP contribution in [0.2, 0.25) is 5.02 Å². The molecule has 16 heavy (non-hydrogen) atoms. The number of carbonyl (C=O) groups is 1. The third kappa shape index (κ3) is 3.12. The zero-order chi connectivity index (χ0) is 12.5. The molecule has 1 aromatic carbocycles. The van der Waals surface area contributed by atoms with E-state index in [4.69, 9.17) is 23.2 Å². The Morgan fingerprint density at radius 3 is 2.31 bits per heavy atom. The van der Waals surface area contributed by atoms with Crippen molar-refractivity contribution in [2.45, 2.75) is 18.5 Å². The van der Waals surface area contributed by atoms with Gasteiger partial charge in [0, 0.05) is 5.02 Å². The van der Waals surface area contributed by atoms with Crippen LogP contribution in [0.3, 0.4) is 0 Å². The van der Waals surface area contributed by atoms with Crippen LogP contribution in [0.15, 0.2) is 18.2 Å². The van der Waals surface area contributed by atoms with Crippen molar-refractivity contribution in [3.05, 3.63) is 34.3 Å². The van der Waals surface area contributed by atoms with E-state index in [9.17, 15) is 18.0 Å². The number of rotatable bonds is 2. The molecule has 1 unspecified atom stereocenters. The number of carbonyl (C=O) groups excluding carboxylic acids is 1. The van der Waals surface area contributed by atoms with E-state index in [2.05, 4.69) is 0 Å². The van der Waals surface area contributed by atoms with Gasteiger partial charge in [-0.3, -0.25) is 4.79 Å². The highest BCUT2D eigenvalue weighted by Crippen LogP contribution is 2.34. The minimum atomic E-state index is -4.51. The van der Waals surface area contributed by atoms with E-state index in [-0.39, 0.29) is 10.6 Å². The molecule has 0 aliphatic heterocycles. The van der Waals surface area contributed by atoms with Crippen molar-refractivity contribution >= 4 is 29.0 Å². The Labute approximate surface area is 100 Å². The van der Waals surface area contributed by atoms with Gasteiger partial charge in [0.15, 0.2) is 5.78 Å². The smallest absolute Gasteiger partial charge is 0.298 e. The molecule has 0 saturated heterocycles. The predicted molar refractivity (Wildman–Crippen MR) is 55.7 cm³/mol. The molecule has 6 heteroatoms. The van der Waals surface area contributed by atoms with Crippen LogP contribution < -0.4 is 0 Å². The fraction of sp³-hybridized carbons (Fsp3) is 0.300. The van der Waals surface area contributed by atoms with Crippen molar-refractivity contribution in [1.29, 1.82) is 0 Å². The molecule has 1 nitrogen and oxygen atoms in total. The maximum absolute atomic E-state index is 12.4. The Bertz CT molecular complexity index is 415. The molecular weight excluding hydrogens is 264 g/mol. The summed E-state index contributed by atoms with van der Waals surface area (Å²) in [5, 5.41) is -1.21. The molecule has 88 valence electrons. The van der Waals surface area contributed by atoms with Crippen LogP contribution in [0.4, 0.5) is 13.2 Å². The number of hydrogen-bond acceptors (Lipinski definition) is 1. The number of alkyl halides is 4. The van der Waals surface area contributed by atoms with Gasteiger partial charge >= 0.3 is 6.18 Å². The molecule has 0 heterocycles. The Hall–Kier alpha value is -0.740. The first-order valence-electron chi connectivity index (χ1n) is 4.24. The lowest BCUT2D eigenvalue weighted by Crippen LogP contribution is -2.08. The molecule has 0 spiro atoms. The second-order valence-electron chi connectivity index (χ2n) is 3.24. The molecule has 0 fully saturated rings. The molecule has 0 saturated carbocycles. The maximum Gasteiger partial charge on any atom is 0.416 e. The highest BCUT2D eigenvalue weighted by molar-refractivity contribution is 6.32. The second-order valence-corrected chi connectivity index (χ2v) is 4.12. The summed E-state index contributed by atoms with van der Waals surface area (Å²) in [6.07, 6.45) is -4.51. The van der Waals surface area contributed by atoms with Crippen LogP contribution in [0, 0.1) is 0 Å². The van der Waals surface area contributed by atoms with Gasteiger partial charge in [-0.25, -0.2) is 0 Å². The lowest BCUT2D eigenvalue weighted by atomic mass is 10.1. The van der Waals surface area contributed by atoms with Crippen LogP contribution in [0.25, 0.3) is 0 Å². The SMILES string of the molecule is CC(=O)C(Cl)c1cc(Cl)cc(C(F)(F)F)c1. The molecule has 0 aliphatic carbocycles. The van der Waals surface area contributed by atoms with Gasteiger partial charge in [0.1, 0.15) is 5.38 Å². The Kier molecular flexibility index (Phi) is 3.86. The van der Waals surface area contributed by atoms with E-state index >= 15 is 0 Å². The first-order chi connectivity index (χ1) is 7.21. The van der Waals surface area contributed by atoms with E-state index in [0.29, 0.717) is 0 Å². The molecular formula is C10H7Cl2F3O. The van der Waals surface area contributed by atoms with Gasteiger partial charge in [0.25, 0.3) is 0 Å². The molecule has 0 bridgehead atoms. The van der Waals surface area contributed by atoms with E-state index < -0.39 is 22.9 Å². The summed E-state index contributed by atoms with van der Waals surface area (Å²) < 4.78 is 37.3. The number of ketones is 1.